The number of hydrazine groups is 1. The maximum absolute atomic E-state index is 12.4. The SMILES string of the molecule is CC(C)(C)C1NNc2cc(O)c(O)c(Cl)c2C1=O. The van der Waals surface area contributed by atoms with Crippen molar-refractivity contribution in [1.82, 2.24) is 5.43 Å². The Labute approximate surface area is 110 Å². The topological polar surface area (TPSA) is 81.6 Å². The average molecular weight is 271 g/mol. The molecule has 0 spiro atoms. The summed E-state index contributed by atoms with van der Waals surface area (Å²) < 4.78 is 0. The van der Waals surface area contributed by atoms with Gasteiger partial charge in [-0.2, -0.15) is 0 Å². The maximum atomic E-state index is 12.4. The molecule has 18 heavy (non-hydrogen) atoms. The number of carbonyl (C=O) groups excluding carboxylic acids is 1. The van der Waals surface area contributed by atoms with Crippen LogP contribution in [0.15, 0.2) is 6.07 Å². The Morgan fingerprint density at radius 2 is 1.94 bits per heavy atom. The summed E-state index contributed by atoms with van der Waals surface area (Å²) in [5, 5.41) is 18.9. The predicted octanol–water partition coefficient (Wildman–Crippen LogP) is 2.28. The highest BCUT2D eigenvalue weighted by Crippen LogP contribution is 2.43. The number of carbonyl (C=O) groups is 1. The number of benzene rings is 1. The highest BCUT2D eigenvalue weighted by molar-refractivity contribution is 6.37. The molecule has 0 saturated heterocycles. The van der Waals surface area contributed by atoms with Crippen molar-refractivity contribution in [3.8, 4) is 11.5 Å². The third-order valence-corrected chi connectivity index (χ3v) is 3.31. The fraction of sp³-hybridized carbons (Fsp3) is 0.417. The van der Waals surface area contributed by atoms with Crippen LogP contribution in [-0.4, -0.2) is 22.0 Å². The number of rotatable bonds is 0. The molecule has 0 amide bonds. The number of hydrogen-bond acceptors (Lipinski definition) is 5. The van der Waals surface area contributed by atoms with Crippen LogP contribution in [-0.2, 0) is 0 Å². The molecule has 0 radical (unpaired) electrons. The van der Waals surface area contributed by atoms with Crippen LogP contribution >= 0.6 is 11.6 Å². The molecule has 2 rings (SSSR count). The standard InChI is InChI=1S/C12H15ClN2O3/c1-12(2,3)11-10(18)7-5(14-15-11)4-6(16)9(17)8(7)13/h4,11,14-17H,1-3H3. The van der Waals surface area contributed by atoms with Crippen LogP contribution in [0.5, 0.6) is 11.5 Å². The van der Waals surface area contributed by atoms with Gasteiger partial charge in [0.25, 0.3) is 0 Å². The van der Waals surface area contributed by atoms with Gasteiger partial charge in [0.05, 0.1) is 22.3 Å². The van der Waals surface area contributed by atoms with Crippen molar-refractivity contribution >= 4 is 23.1 Å². The molecule has 98 valence electrons. The zero-order valence-corrected chi connectivity index (χ0v) is 11.1. The summed E-state index contributed by atoms with van der Waals surface area (Å²) >= 11 is 5.93. The van der Waals surface area contributed by atoms with Crippen LogP contribution in [0.4, 0.5) is 5.69 Å². The summed E-state index contributed by atoms with van der Waals surface area (Å²) in [6.45, 7) is 5.76. The van der Waals surface area contributed by atoms with E-state index in [4.69, 9.17) is 11.6 Å². The van der Waals surface area contributed by atoms with Crippen molar-refractivity contribution in [2.45, 2.75) is 26.8 Å². The van der Waals surface area contributed by atoms with Crippen LogP contribution in [0, 0.1) is 5.41 Å². The molecule has 1 unspecified atom stereocenters. The van der Waals surface area contributed by atoms with Gasteiger partial charge in [0.1, 0.15) is 0 Å². The van der Waals surface area contributed by atoms with Crippen LogP contribution in [0.25, 0.3) is 0 Å². The van der Waals surface area contributed by atoms with E-state index in [2.05, 4.69) is 10.9 Å². The Morgan fingerprint density at radius 1 is 1.33 bits per heavy atom. The van der Waals surface area contributed by atoms with E-state index < -0.39 is 11.8 Å². The molecule has 6 heteroatoms. The van der Waals surface area contributed by atoms with Gasteiger partial charge in [0, 0.05) is 6.07 Å². The summed E-state index contributed by atoms with van der Waals surface area (Å²) in [4.78, 5) is 12.4. The average Bonchev–Trinajstić information content (AvgIpc) is 2.24. The third kappa shape index (κ3) is 1.89. The van der Waals surface area contributed by atoms with E-state index in [9.17, 15) is 15.0 Å². The van der Waals surface area contributed by atoms with Crippen LogP contribution in [0.3, 0.4) is 0 Å². The van der Waals surface area contributed by atoms with E-state index in [0.717, 1.165) is 0 Å². The number of fused-ring (bicyclic) bond motifs is 1. The van der Waals surface area contributed by atoms with Crippen LogP contribution in [0.2, 0.25) is 5.02 Å². The third-order valence-electron chi connectivity index (χ3n) is 2.95. The van der Waals surface area contributed by atoms with Gasteiger partial charge in [0.15, 0.2) is 17.3 Å². The number of anilines is 1. The minimum absolute atomic E-state index is 0.127. The minimum atomic E-state index is -0.472. The molecule has 1 aromatic rings. The van der Waals surface area contributed by atoms with Crippen LogP contribution < -0.4 is 10.9 Å². The Morgan fingerprint density at radius 3 is 2.50 bits per heavy atom. The van der Waals surface area contributed by atoms with Crippen molar-refractivity contribution in [1.29, 1.82) is 0 Å². The van der Waals surface area contributed by atoms with E-state index >= 15 is 0 Å². The Hall–Kier alpha value is -1.46. The molecule has 0 saturated carbocycles. The number of phenolic OH excluding ortho intramolecular Hbond substituents is 2. The molecular weight excluding hydrogens is 256 g/mol. The van der Waals surface area contributed by atoms with Crippen molar-refractivity contribution in [3.63, 3.8) is 0 Å². The highest BCUT2D eigenvalue weighted by atomic mass is 35.5. The molecule has 1 atom stereocenters. The first kappa shape index (κ1) is 13.0. The first-order valence-electron chi connectivity index (χ1n) is 5.53. The molecule has 1 aromatic carbocycles. The zero-order chi connectivity index (χ0) is 13.7. The summed E-state index contributed by atoms with van der Waals surface area (Å²) in [6, 6.07) is 0.798. The molecule has 4 N–H and O–H groups in total. The lowest BCUT2D eigenvalue weighted by molar-refractivity contribution is 0.0865. The largest absolute Gasteiger partial charge is 0.504 e. The molecule has 0 fully saturated rings. The quantitative estimate of drug-likeness (QED) is 0.430. The van der Waals surface area contributed by atoms with E-state index in [1.54, 1.807) is 0 Å². The number of Topliss-reactive ketones (excluding diaryl/α,β-unsaturated/α-hetero) is 1. The summed E-state index contributed by atoms with van der Waals surface area (Å²) in [7, 11) is 0. The first-order valence-corrected chi connectivity index (χ1v) is 5.91. The van der Waals surface area contributed by atoms with E-state index in [-0.39, 0.29) is 27.5 Å². The summed E-state index contributed by atoms with van der Waals surface area (Å²) in [6.07, 6.45) is 0. The molecular formula is C12H15ClN2O3. The Bertz CT molecular complexity index is 523. The molecule has 5 nitrogen and oxygen atoms in total. The second-order valence-electron chi connectivity index (χ2n) is 5.41. The maximum Gasteiger partial charge on any atom is 0.185 e. The second kappa shape index (κ2) is 4.03. The van der Waals surface area contributed by atoms with Crippen molar-refractivity contribution in [2.24, 2.45) is 5.41 Å². The predicted molar refractivity (Wildman–Crippen MR) is 69.1 cm³/mol. The highest BCUT2D eigenvalue weighted by Gasteiger charge is 2.38. The minimum Gasteiger partial charge on any atom is -0.504 e. The fourth-order valence-corrected chi connectivity index (χ4v) is 2.23. The van der Waals surface area contributed by atoms with Crippen molar-refractivity contribution < 1.29 is 15.0 Å². The lowest BCUT2D eigenvalue weighted by Crippen LogP contribution is -2.52. The number of nitrogens with one attached hydrogen (secondary N) is 2. The van der Waals surface area contributed by atoms with Gasteiger partial charge in [-0.25, -0.2) is 5.43 Å². The lowest BCUT2D eigenvalue weighted by atomic mass is 9.81. The zero-order valence-electron chi connectivity index (χ0n) is 10.3. The number of halogens is 1. The van der Waals surface area contributed by atoms with Gasteiger partial charge in [0.2, 0.25) is 0 Å². The Kier molecular flexibility index (Phi) is 2.91. The number of aromatic hydroxyl groups is 2. The van der Waals surface area contributed by atoms with Gasteiger partial charge in [-0.15, -0.1) is 0 Å². The van der Waals surface area contributed by atoms with Crippen molar-refractivity contribution in [2.75, 3.05) is 5.43 Å². The first-order chi connectivity index (χ1) is 8.23. The Balaban J connectivity index is 2.57. The molecule has 0 aromatic heterocycles. The number of ketones is 1. The van der Waals surface area contributed by atoms with E-state index in [0.29, 0.717) is 5.69 Å². The van der Waals surface area contributed by atoms with E-state index in [1.165, 1.54) is 6.07 Å². The van der Waals surface area contributed by atoms with Gasteiger partial charge in [-0.05, 0) is 5.41 Å². The summed E-state index contributed by atoms with van der Waals surface area (Å²) in [5.41, 5.74) is 5.97. The normalized spacial score (nSPS) is 19.3. The van der Waals surface area contributed by atoms with Gasteiger partial charge in [-0.3, -0.25) is 4.79 Å². The molecule has 1 aliphatic rings. The summed E-state index contributed by atoms with van der Waals surface area (Å²) in [5.74, 6) is -1.05. The second-order valence-corrected chi connectivity index (χ2v) is 5.79. The van der Waals surface area contributed by atoms with Gasteiger partial charge >= 0.3 is 0 Å². The number of phenols is 2. The molecule has 0 bridgehead atoms. The van der Waals surface area contributed by atoms with Crippen LogP contribution in [0.1, 0.15) is 31.1 Å². The molecule has 1 aliphatic heterocycles. The fourth-order valence-electron chi connectivity index (χ4n) is 1.94. The molecule has 1 heterocycles. The number of hydrogen-bond donors (Lipinski definition) is 4. The molecule has 0 aliphatic carbocycles. The van der Waals surface area contributed by atoms with E-state index in [1.807, 2.05) is 20.8 Å². The monoisotopic (exact) mass is 270 g/mol. The van der Waals surface area contributed by atoms with Gasteiger partial charge < -0.3 is 15.6 Å². The van der Waals surface area contributed by atoms with Gasteiger partial charge in [-0.1, -0.05) is 32.4 Å². The lowest BCUT2D eigenvalue weighted by Gasteiger charge is -2.35. The van der Waals surface area contributed by atoms with Crippen molar-refractivity contribution in [3.05, 3.63) is 16.7 Å². The smallest absolute Gasteiger partial charge is 0.185 e.